The molecule has 0 aliphatic rings. The largest absolute Gasteiger partial charge is 0.494 e. The molecule has 0 aromatic heterocycles. The summed E-state index contributed by atoms with van der Waals surface area (Å²) in [6.45, 7) is 2.94. The summed E-state index contributed by atoms with van der Waals surface area (Å²) in [5.41, 5.74) is 3.10. The minimum atomic E-state index is -0.398. The fraction of sp³-hybridized carbons (Fsp3) is 0.226. The smallest absolute Gasteiger partial charge is 0.343 e. The number of carbonyl (C=O) groups excluding carboxylic acids is 1. The van der Waals surface area contributed by atoms with E-state index in [1.807, 2.05) is 54.6 Å². The van der Waals surface area contributed by atoms with E-state index in [9.17, 15) is 4.79 Å². The Morgan fingerprint density at radius 3 is 2.09 bits per heavy atom. The molecule has 0 aliphatic heterocycles. The quantitative estimate of drug-likeness (QED) is 0.136. The average molecular weight is 464 g/mol. The Balaban J connectivity index is 1.36. The molecule has 0 atom stereocenters. The first-order valence-corrected chi connectivity index (χ1v) is 12.2. The molecule has 0 saturated carbocycles. The summed E-state index contributed by atoms with van der Waals surface area (Å²) in [7, 11) is 0. The second kappa shape index (κ2) is 11.9. The Labute approximate surface area is 206 Å². The lowest BCUT2D eigenvalue weighted by atomic mass is 10.0. The number of carbonyl (C=O) groups is 1. The number of ether oxygens (including phenoxy) is 2. The van der Waals surface area contributed by atoms with E-state index < -0.39 is 5.97 Å². The molecule has 0 heterocycles. The molecule has 0 saturated heterocycles. The Morgan fingerprint density at radius 2 is 1.37 bits per heavy atom. The summed E-state index contributed by atoms with van der Waals surface area (Å²) >= 11 is 0. The first-order chi connectivity index (χ1) is 17.2. The number of fused-ring (bicyclic) bond motifs is 1. The van der Waals surface area contributed by atoms with Crippen molar-refractivity contribution in [3.8, 4) is 28.7 Å². The summed E-state index contributed by atoms with van der Waals surface area (Å²) in [5.74, 6) is 0.936. The lowest BCUT2D eigenvalue weighted by Crippen LogP contribution is -2.08. The van der Waals surface area contributed by atoms with E-state index in [0.29, 0.717) is 16.9 Å². The van der Waals surface area contributed by atoms with Gasteiger partial charge in [-0.15, -0.1) is 0 Å². The predicted molar refractivity (Wildman–Crippen MR) is 140 cm³/mol. The van der Waals surface area contributed by atoms with Gasteiger partial charge < -0.3 is 9.47 Å². The maximum absolute atomic E-state index is 12.7. The Kier molecular flexibility index (Phi) is 8.14. The van der Waals surface area contributed by atoms with Crippen molar-refractivity contribution in [3.63, 3.8) is 0 Å². The molecule has 4 rings (SSSR count). The van der Waals surface area contributed by atoms with E-state index in [1.54, 1.807) is 30.3 Å². The third-order valence-electron chi connectivity index (χ3n) is 5.98. The van der Waals surface area contributed by atoms with Crippen molar-refractivity contribution >= 4 is 16.7 Å². The Morgan fingerprint density at radius 1 is 0.743 bits per heavy atom. The molecule has 0 aliphatic carbocycles. The minimum absolute atomic E-state index is 0.398. The van der Waals surface area contributed by atoms with Crippen LogP contribution in [-0.4, -0.2) is 12.6 Å². The highest BCUT2D eigenvalue weighted by Gasteiger charge is 2.10. The number of rotatable bonds is 10. The number of nitrogens with zero attached hydrogens (tertiary/aromatic N) is 1. The zero-order valence-electron chi connectivity index (χ0n) is 20.0. The highest BCUT2D eigenvalue weighted by molar-refractivity contribution is 5.96. The summed E-state index contributed by atoms with van der Waals surface area (Å²) in [6, 6.07) is 28.3. The van der Waals surface area contributed by atoms with Crippen LogP contribution in [0.5, 0.6) is 11.5 Å². The van der Waals surface area contributed by atoms with Crippen LogP contribution in [0.2, 0.25) is 0 Å². The molecule has 4 aromatic rings. The lowest BCUT2D eigenvalue weighted by Gasteiger charge is -2.09. The van der Waals surface area contributed by atoms with Crippen LogP contribution in [-0.2, 0) is 0 Å². The van der Waals surface area contributed by atoms with E-state index in [0.717, 1.165) is 40.7 Å². The normalized spacial score (nSPS) is 10.6. The molecule has 0 N–H and O–H groups in total. The molecular weight excluding hydrogens is 434 g/mol. The molecule has 0 amide bonds. The van der Waals surface area contributed by atoms with Crippen LogP contribution in [0.3, 0.4) is 0 Å². The molecule has 35 heavy (non-hydrogen) atoms. The number of hydrogen-bond donors (Lipinski definition) is 0. The van der Waals surface area contributed by atoms with Gasteiger partial charge in [0, 0.05) is 0 Å². The molecule has 0 fully saturated rings. The summed E-state index contributed by atoms with van der Waals surface area (Å²) in [6.07, 6.45) is 6.05. The third-order valence-corrected chi connectivity index (χ3v) is 5.98. The van der Waals surface area contributed by atoms with Crippen LogP contribution in [0.25, 0.3) is 21.9 Å². The van der Waals surface area contributed by atoms with Crippen molar-refractivity contribution in [1.29, 1.82) is 5.26 Å². The van der Waals surface area contributed by atoms with Crippen molar-refractivity contribution in [2.24, 2.45) is 0 Å². The molecule has 0 unspecified atom stereocenters. The highest BCUT2D eigenvalue weighted by Crippen LogP contribution is 2.25. The van der Waals surface area contributed by atoms with Crippen LogP contribution in [0, 0.1) is 11.3 Å². The molecule has 0 bridgehead atoms. The number of unbranched alkanes of at least 4 members (excludes halogenated alkanes) is 4. The van der Waals surface area contributed by atoms with E-state index in [-0.39, 0.29) is 0 Å². The van der Waals surface area contributed by atoms with E-state index >= 15 is 0 Å². The molecule has 176 valence electrons. The Bertz CT molecular complexity index is 1320. The van der Waals surface area contributed by atoms with Gasteiger partial charge in [0.15, 0.2) is 0 Å². The Hall–Kier alpha value is -4.10. The topological polar surface area (TPSA) is 59.3 Å². The van der Waals surface area contributed by atoms with E-state index in [4.69, 9.17) is 14.7 Å². The predicted octanol–water partition coefficient (Wildman–Crippen LogP) is 7.95. The van der Waals surface area contributed by atoms with Gasteiger partial charge in [0.1, 0.15) is 11.5 Å². The number of esters is 1. The molecule has 4 nitrogen and oxygen atoms in total. The molecule has 4 heteroatoms. The van der Waals surface area contributed by atoms with Gasteiger partial charge in [0.25, 0.3) is 0 Å². The summed E-state index contributed by atoms with van der Waals surface area (Å²) in [4.78, 5) is 12.7. The van der Waals surface area contributed by atoms with E-state index in [1.165, 1.54) is 25.7 Å². The van der Waals surface area contributed by atoms with Gasteiger partial charge in [0.2, 0.25) is 0 Å². The van der Waals surface area contributed by atoms with Gasteiger partial charge in [-0.2, -0.15) is 5.26 Å². The highest BCUT2D eigenvalue weighted by atomic mass is 16.5. The maximum atomic E-state index is 12.7. The third kappa shape index (κ3) is 6.49. The zero-order chi connectivity index (χ0) is 24.5. The van der Waals surface area contributed by atoms with Gasteiger partial charge in [-0.05, 0) is 76.9 Å². The zero-order valence-corrected chi connectivity index (χ0v) is 20.0. The molecule has 0 spiro atoms. The second-order valence-electron chi connectivity index (χ2n) is 8.59. The van der Waals surface area contributed by atoms with Crippen LogP contribution < -0.4 is 9.47 Å². The van der Waals surface area contributed by atoms with Gasteiger partial charge in [-0.3, -0.25) is 0 Å². The fourth-order valence-electron chi connectivity index (χ4n) is 3.95. The van der Waals surface area contributed by atoms with Crippen molar-refractivity contribution < 1.29 is 14.3 Å². The van der Waals surface area contributed by atoms with Gasteiger partial charge in [-0.1, -0.05) is 69.0 Å². The molecule has 4 aromatic carbocycles. The fourth-order valence-corrected chi connectivity index (χ4v) is 3.95. The number of hydrogen-bond acceptors (Lipinski definition) is 4. The minimum Gasteiger partial charge on any atom is -0.494 e. The maximum Gasteiger partial charge on any atom is 0.343 e. The van der Waals surface area contributed by atoms with Crippen molar-refractivity contribution in [3.05, 3.63) is 96.1 Å². The van der Waals surface area contributed by atoms with Crippen molar-refractivity contribution in [2.75, 3.05) is 6.61 Å². The van der Waals surface area contributed by atoms with Gasteiger partial charge in [0.05, 0.1) is 23.8 Å². The number of nitriles is 1. The SMILES string of the molecule is CCCCCCCOc1ccc2cc(C(=O)Oc3ccc(-c4ccc(C#N)cc4)cc3)ccc2c1. The number of benzene rings is 4. The standard InChI is InChI=1S/C31H29NO3/c1-2-3-4-5-6-19-34-30-18-15-26-20-28(12-11-27(26)21-30)31(33)35-29-16-13-25(14-17-29)24-9-7-23(22-32)8-10-24/h7-18,20-21H,2-6,19H2,1H3. The van der Waals surface area contributed by atoms with Crippen molar-refractivity contribution in [1.82, 2.24) is 0 Å². The van der Waals surface area contributed by atoms with Crippen LogP contribution in [0.4, 0.5) is 0 Å². The van der Waals surface area contributed by atoms with Crippen LogP contribution in [0.15, 0.2) is 84.9 Å². The summed E-state index contributed by atoms with van der Waals surface area (Å²) < 4.78 is 11.5. The van der Waals surface area contributed by atoms with Crippen LogP contribution in [0.1, 0.15) is 54.9 Å². The summed E-state index contributed by atoms with van der Waals surface area (Å²) in [5, 5.41) is 10.9. The first-order valence-electron chi connectivity index (χ1n) is 12.2. The second-order valence-corrected chi connectivity index (χ2v) is 8.59. The van der Waals surface area contributed by atoms with Gasteiger partial charge in [-0.25, -0.2) is 4.79 Å². The van der Waals surface area contributed by atoms with Crippen LogP contribution >= 0.6 is 0 Å². The first kappa shape index (κ1) is 24.0. The van der Waals surface area contributed by atoms with Gasteiger partial charge >= 0.3 is 5.97 Å². The molecular formula is C31H29NO3. The van der Waals surface area contributed by atoms with Crippen molar-refractivity contribution in [2.45, 2.75) is 39.0 Å². The lowest BCUT2D eigenvalue weighted by molar-refractivity contribution is 0.0735. The monoisotopic (exact) mass is 463 g/mol. The molecule has 0 radical (unpaired) electrons. The average Bonchev–Trinajstić information content (AvgIpc) is 2.91. The van der Waals surface area contributed by atoms with E-state index in [2.05, 4.69) is 13.0 Å².